The highest BCUT2D eigenvalue weighted by Gasteiger charge is 2.28. The van der Waals surface area contributed by atoms with E-state index < -0.39 is 8.07 Å². The topological polar surface area (TPSA) is 41.5 Å². The van der Waals surface area contributed by atoms with Crippen LogP contribution in [-0.2, 0) is 4.74 Å². The zero-order valence-corrected chi connectivity index (χ0v) is 15.8. The summed E-state index contributed by atoms with van der Waals surface area (Å²) >= 11 is 0. The van der Waals surface area contributed by atoms with E-state index in [0.717, 1.165) is 28.6 Å². The highest BCUT2D eigenvalue weighted by Crippen LogP contribution is 2.44. The van der Waals surface area contributed by atoms with Gasteiger partial charge in [0.25, 0.3) is 0 Å². The Labute approximate surface area is 144 Å². The van der Waals surface area contributed by atoms with Crippen molar-refractivity contribution in [2.45, 2.75) is 19.6 Å². The molecule has 0 saturated carbocycles. The van der Waals surface area contributed by atoms with Gasteiger partial charge in [-0.3, -0.25) is 4.90 Å². The standard InChI is InChI=1S/C18H22N4OSi/c1-21-15-7-6-14(8-11-24(3,4)5)12-16(15)22(13-23-2)18-17(21)19-9-10-20-18/h6-7,9-10,12H,13H2,1-5H3. The molecule has 0 amide bonds. The minimum absolute atomic E-state index is 0.414. The second kappa shape index (κ2) is 6.27. The number of nitrogens with zero attached hydrogens (tertiary/aromatic N) is 4. The van der Waals surface area contributed by atoms with Crippen LogP contribution in [0.15, 0.2) is 30.6 Å². The van der Waals surface area contributed by atoms with Gasteiger partial charge in [-0.2, -0.15) is 0 Å². The first kappa shape index (κ1) is 16.5. The van der Waals surface area contributed by atoms with Gasteiger partial charge in [0.05, 0.1) is 11.4 Å². The Morgan fingerprint density at radius 2 is 1.79 bits per heavy atom. The van der Waals surface area contributed by atoms with Gasteiger partial charge in [0.2, 0.25) is 0 Å². The molecule has 24 heavy (non-hydrogen) atoms. The predicted molar refractivity (Wildman–Crippen MR) is 101 cm³/mol. The number of ether oxygens (including phenoxy) is 1. The van der Waals surface area contributed by atoms with Crippen LogP contribution in [0, 0.1) is 11.5 Å². The fraction of sp³-hybridized carbons (Fsp3) is 0.333. The zero-order chi connectivity index (χ0) is 17.3. The van der Waals surface area contributed by atoms with Gasteiger partial charge < -0.3 is 9.64 Å². The van der Waals surface area contributed by atoms with E-state index in [9.17, 15) is 0 Å². The van der Waals surface area contributed by atoms with E-state index in [-0.39, 0.29) is 0 Å². The van der Waals surface area contributed by atoms with Crippen LogP contribution in [-0.4, -0.2) is 38.9 Å². The molecule has 5 nitrogen and oxygen atoms in total. The monoisotopic (exact) mass is 338 g/mol. The minimum atomic E-state index is -1.41. The first-order valence-electron chi connectivity index (χ1n) is 7.89. The van der Waals surface area contributed by atoms with E-state index in [1.54, 1.807) is 19.5 Å². The van der Waals surface area contributed by atoms with Crippen molar-refractivity contribution in [1.82, 2.24) is 9.97 Å². The Bertz CT molecular complexity index is 820. The number of hydrogen-bond acceptors (Lipinski definition) is 5. The van der Waals surface area contributed by atoms with E-state index >= 15 is 0 Å². The van der Waals surface area contributed by atoms with Crippen molar-refractivity contribution in [3.8, 4) is 11.5 Å². The molecular formula is C18H22N4OSi. The average molecular weight is 338 g/mol. The molecule has 0 spiro atoms. The summed E-state index contributed by atoms with van der Waals surface area (Å²) in [5, 5.41) is 0. The summed E-state index contributed by atoms with van der Waals surface area (Å²) in [5.74, 6) is 4.94. The largest absolute Gasteiger partial charge is 0.364 e. The smallest absolute Gasteiger partial charge is 0.178 e. The molecule has 1 aromatic heterocycles. The second-order valence-electron chi connectivity index (χ2n) is 6.81. The van der Waals surface area contributed by atoms with E-state index in [4.69, 9.17) is 4.74 Å². The zero-order valence-electron chi connectivity index (χ0n) is 14.8. The number of hydrogen-bond donors (Lipinski definition) is 0. The van der Waals surface area contributed by atoms with Crippen molar-refractivity contribution >= 4 is 31.1 Å². The fourth-order valence-electron chi connectivity index (χ4n) is 2.60. The van der Waals surface area contributed by atoms with Crippen LogP contribution in [0.3, 0.4) is 0 Å². The molecule has 0 fully saturated rings. The van der Waals surface area contributed by atoms with Crippen LogP contribution in [0.4, 0.5) is 23.0 Å². The summed E-state index contributed by atoms with van der Waals surface area (Å²) in [6.07, 6.45) is 3.41. The Hall–Kier alpha value is -2.36. The molecule has 2 aromatic rings. The number of anilines is 4. The van der Waals surface area contributed by atoms with Crippen LogP contribution in [0.1, 0.15) is 5.56 Å². The van der Waals surface area contributed by atoms with Crippen molar-refractivity contribution in [3.05, 3.63) is 36.2 Å². The fourth-order valence-corrected chi connectivity index (χ4v) is 3.12. The third kappa shape index (κ3) is 3.14. The van der Waals surface area contributed by atoms with Gasteiger partial charge in [-0.05, 0) is 18.2 Å². The summed E-state index contributed by atoms with van der Waals surface area (Å²) < 4.78 is 5.39. The molecule has 0 N–H and O–H groups in total. The van der Waals surface area contributed by atoms with Gasteiger partial charge in [-0.25, -0.2) is 9.97 Å². The maximum Gasteiger partial charge on any atom is 0.178 e. The van der Waals surface area contributed by atoms with Gasteiger partial charge >= 0.3 is 0 Å². The third-order valence-corrected chi connectivity index (χ3v) is 4.58. The van der Waals surface area contributed by atoms with E-state index in [1.807, 2.05) is 11.9 Å². The minimum Gasteiger partial charge on any atom is -0.364 e. The molecule has 124 valence electrons. The Morgan fingerprint density at radius 3 is 2.46 bits per heavy atom. The van der Waals surface area contributed by atoms with Gasteiger partial charge in [-0.1, -0.05) is 25.6 Å². The molecule has 2 heterocycles. The average Bonchev–Trinajstić information content (AvgIpc) is 2.56. The molecule has 6 heteroatoms. The summed E-state index contributed by atoms with van der Waals surface area (Å²) in [4.78, 5) is 13.1. The quantitative estimate of drug-likeness (QED) is 0.619. The lowest BCUT2D eigenvalue weighted by atomic mass is 10.1. The van der Waals surface area contributed by atoms with Gasteiger partial charge in [0.15, 0.2) is 11.6 Å². The van der Waals surface area contributed by atoms with Crippen molar-refractivity contribution in [3.63, 3.8) is 0 Å². The van der Waals surface area contributed by atoms with Crippen LogP contribution in [0.25, 0.3) is 0 Å². The van der Waals surface area contributed by atoms with Crippen LogP contribution in [0.2, 0.25) is 19.6 Å². The summed E-state index contributed by atoms with van der Waals surface area (Å²) in [5.41, 5.74) is 6.54. The van der Waals surface area contributed by atoms with Crippen molar-refractivity contribution < 1.29 is 4.74 Å². The van der Waals surface area contributed by atoms with Gasteiger partial charge in [0, 0.05) is 32.1 Å². The first-order chi connectivity index (χ1) is 11.4. The Morgan fingerprint density at radius 1 is 1.08 bits per heavy atom. The van der Waals surface area contributed by atoms with Crippen LogP contribution < -0.4 is 9.80 Å². The lowest BCUT2D eigenvalue weighted by Gasteiger charge is -2.36. The van der Waals surface area contributed by atoms with Crippen molar-refractivity contribution in [2.24, 2.45) is 0 Å². The maximum atomic E-state index is 5.39. The van der Waals surface area contributed by atoms with E-state index in [0.29, 0.717) is 6.73 Å². The Kier molecular flexibility index (Phi) is 4.31. The van der Waals surface area contributed by atoms with Gasteiger partial charge in [0.1, 0.15) is 14.8 Å². The second-order valence-corrected chi connectivity index (χ2v) is 11.6. The molecule has 0 radical (unpaired) electrons. The number of aromatic nitrogens is 2. The summed E-state index contributed by atoms with van der Waals surface area (Å²) in [6.45, 7) is 7.15. The Balaban J connectivity index is 2.11. The van der Waals surface area contributed by atoms with E-state index in [2.05, 4.69) is 64.2 Å². The molecular weight excluding hydrogens is 316 g/mol. The molecule has 0 aliphatic carbocycles. The van der Waals surface area contributed by atoms with Gasteiger partial charge in [-0.15, -0.1) is 5.54 Å². The van der Waals surface area contributed by atoms with Crippen molar-refractivity contribution in [2.75, 3.05) is 30.7 Å². The van der Waals surface area contributed by atoms with Crippen LogP contribution in [0.5, 0.6) is 0 Å². The molecule has 0 atom stereocenters. The van der Waals surface area contributed by atoms with E-state index in [1.165, 1.54) is 0 Å². The lowest BCUT2D eigenvalue weighted by Crippen LogP contribution is -2.30. The van der Waals surface area contributed by atoms with Crippen LogP contribution >= 0.6 is 0 Å². The number of fused-ring (bicyclic) bond motifs is 2. The molecule has 1 aliphatic rings. The SMILES string of the molecule is COCN1c2cc(C#C[Si](C)(C)C)ccc2N(C)c2nccnc21. The number of rotatable bonds is 2. The maximum absolute atomic E-state index is 5.39. The number of methoxy groups -OCH3 is 1. The molecule has 0 bridgehead atoms. The third-order valence-electron chi connectivity index (χ3n) is 3.70. The molecule has 1 aliphatic heterocycles. The normalized spacial score (nSPS) is 13.0. The highest BCUT2D eigenvalue weighted by molar-refractivity contribution is 6.83. The molecule has 1 aromatic carbocycles. The predicted octanol–water partition coefficient (Wildman–Crippen LogP) is 3.53. The lowest BCUT2D eigenvalue weighted by molar-refractivity contribution is 0.205. The molecule has 0 unspecified atom stereocenters. The molecule has 0 saturated heterocycles. The van der Waals surface area contributed by atoms with Crippen molar-refractivity contribution in [1.29, 1.82) is 0 Å². The first-order valence-corrected chi connectivity index (χ1v) is 11.4. The summed E-state index contributed by atoms with van der Waals surface area (Å²) in [6, 6.07) is 6.26. The molecule has 3 rings (SSSR count). The summed E-state index contributed by atoms with van der Waals surface area (Å²) in [7, 11) is 2.28. The number of benzene rings is 1. The highest BCUT2D eigenvalue weighted by atomic mass is 28.3.